The number of hydrogen-bond acceptors (Lipinski definition) is 6. The van der Waals surface area contributed by atoms with Gasteiger partial charge in [0, 0.05) is 24.2 Å². The predicted molar refractivity (Wildman–Crippen MR) is 105 cm³/mol. The highest BCUT2D eigenvalue weighted by Gasteiger charge is 2.13. The number of fused-ring (bicyclic) bond motifs is 1. The Morgan fingerprint density at radius 1 is 0.926 bits per heavy atom. The van der Waals surface area contributed by atoms with Crippen LogP contribution in [0, 0.1) is 6.92 Å². The standard InChI is InChI=1S/C20H19ClN4O2/c1-13-24-19(22-10-14-6-7-17-18(8-14)27-12-26-17)9-20(25-13)23-11-15-4-2-3-5-16(15)21/h2-9H,10-12H2,1H3,(H2,22,23,24,25). The summed E-state index contributed by atoms with van der Waals surface area (Å²) >= 11 is 6.21. The second-order valence-electron chi connectivity index (χ2n) is 6.17. The smallest absolute Gasteiger partial charge is 0.231 e. The molecule has 1 aromatic heterocycles. The quantitative estimate of drug-likeness (QED) is 0.659. The van der Waals surface area contributed by atoms with E-state index in [1.807, 2.05) is 55.5 Å². The molecule has 2 N–H and O–H groups in total. The molecule has 2 aromatic carbocycles. The lowest BCUT2D eigenvalue weighted by molar-refractivity contribution is 0.174. The van der Waals surface area contributed by atoms with Crippen LogP contribution >= 0.6 is 11.6 Å². The van der Waals surface area contributed by atoms with Crippen LogP contribution in [0.4, 0.5) is 11.6 Å². The fourth-order valence-electron chi connectivity index (χ4n) is 2.82. The highest BCUT2D eigenvalue weighted by molar-refractivity contribution is 6.31. The summed E-state index contributed by atoms with van der Waals surface area (Å²) < 4.78 is 10.8. The molecule has 0 fully saturated rings. The molecule has 6 nitrogen and oxygen atoms in total. The molecule has 0 saturated carbocycles. The number of benzene rings is 2. The predicted octanol–water partition coefficient (Wildman–Crippen LogP) is 4.39. The average Bonchev–Trinajstić information content (AvgIpc) is 3.13. The molecule has 0 atom stereocenters. The van der Waals surface area contributed by atoms with Crippen molar-refractivity contribution in [2.24, 2.45) is 0 Å². The third-order valence-corrected chi connectivity index (χ3v) is 4.54. The van der Waals surface area contributed by atoms with Gasteiger partial charge in [-0.15, -0.1) is 0 Å². The second-order valence-corrected chi connectivity index (χ2v) is 6.58. The molecule has 1 aliphatic rings. The van der Waals surface area contributed by atoms with E-state index in [9.17, 15) is 0 Å². The first kappa shape index (κ1) is 17.4. The van der Waals surface area contributed by atoms with Crippen LogP contribution in [0.25, 0.3) is 0 Å². The van der Waals surface area contributed by atoms with Crippen LogP contribution in [0.2, 0.25) is 5.02 Å². The summed E-state index contributed by atoms with van der Waals surface area (Å²) in [4.78, 5) is 8.89. The maximum atomic E-state index is 6.21. The van der Waals surface area contributed by atoms with Crippen LogP contribution in [-0.4, -0.2) is 16.8 Å². The lowest BCUT2D eigenvalue weighted by atomic mass is 10.2. The Balaban J connectivity index is 1.42. The van der Waals surface area contributed by atoms with Gasteiger partial charge in [-0.25, -0.2) is 9.97 Å². The molecule has 0 unspecified atom stereocenters. The van der Waals surface area contributed by atoms with Gasteiger partial charge in [0.25, 0.3) is 0 Å². The number of anilines is 2. The topological polar surface area (TPSA) is 68.3 Å². The van der Waals surface area contributed by atoms with E-state index in [0.29, 0.717) is 18.9 Å². The van der Waals surface area contributed by atoms with Gasteiger partial charge in [0.1, 0.15) is 17.5 Å². The number of aromatic nitrogens is 2. The van der Waals surface area contributed by atoms with Crippen molar-refractivity contribution in [1.29, 1.82) is 0 Å². The van der Waals surface area contributed by atoms with Crippen molar-refractivity contribution in [3.8, 4) is 11.5 Å². The summed E-state index contributed by atoms with van der Waals surface area (Å²) in [5.74, 6) is 3.74. The largest absolute Gasteiger partial charge is 0.454 e. The molecular formula is C20H19ClN4O2. The van der Waals surface area contributed by atoms with Gasteiger partial charge >= 0.3 is 0 Å². The van der Waals surface area contributed by atoms with Gasteiger partial charge in [-0.2, -0.15) is 0 Å². The number of aryl methyl sites for hydroxylation is 1. The fourth-order valence-corrected chi connectivity index (χ4v) is 3.02. The van der Waals surface area contributed by atoms with Crippen LogP contribution in [0.1, 0.15) is 17.0 Å². The molecule has 0 saturated heterocycles. The maximum absolute atomic E-state index is 6.21. The minimum atomic E-state index is 0.276. The third kappa shape index (κ3) is 4.23. The maximum Gasteiger partial charge on any atom is 0.231 e. The summed E-state index contributed by atoms with van der Waals surface area (Å²) in [6.07, 6.45) is 0. The van der Waals surface area contributed by atoms with Crippen molar-refractivity contribution < 1.29 is 9.47 Å². The summed E-state index contributed by atoms with van der Waals surface area (Å²) in [5.41, 5.74) is 2.10. The average molecular weight is 383 g/mol. The van der Waals surface area contributed by atoms with E-state index >= 15 is 0 Å². The fraction of sp³-hybridized carbons (Fsp3) is 0.200. The molecule has 0 bridgehead atoms. The Bertz CT molecular complexity index is 964. The number of rotatable bonds is 6. The molecule has 2 heterocycles. The first-order chi connectivity index (χ1) is 13.2. The molecule has 0 aliphatic carbocycles. The molecule has 3 aromatic rings. The minimum absolute atomic E-state index is 0.276. The molecule has 138 valence electrons. The van der Waals surface area contributed by atoms with Gasteiger partial charge < -0.3 is 20.1 Å². The van der Waals surface area contributed by atoms with Crippen LogP contribution in [-0.2, 0) is 13.1 Å². The summed E-state index contributed by atoms with van der Waals surface area (Å²) in [7, 11) is 0. The number of nitrogens with zero attached hydrogens (tertiary/aromatic N) is 2. The van der Waals surface area contributed by atoms with Gasteiger partial charge in [0.15, 0.2) is 11.5 Å². The molecule has 0 amide bonds. The van der Waals surface area contributed by atoms with E-state index < -0.39 is 0 Å². The molecule has 4 rings (SSSR count). The Hall–Kier alpha value is -2.99. The second kappa shape index (κ2) is 7.72. The number of nitrogens with one attached hydrogen (secondary N) is 2. The zero-order valence-electron chi connectivity index (χ0n) is 14.8. The van der Waals surface area contributed by atoms with Crippen molar-refractivity contribution in [2.75, 3.05) is 17.4 Å². The van der Waals surface area contributed by atoms with E-state index in [-0.39, 0.29) is 6.79 Å². The van der Waals surface area contributed by atoms with Gasteiger partial charge in [-0.3, -0.25) is 0 Å². The highest BCUT2D eigenvalue weighted by Crippen LogP contribution is 2.32. The SMILES string of the molecule is Cc1nc(NCc2ccc3c(c2)OCO3)cc(NCc2ccccc2Cl)n1. The van der Waals surface area contributed by atoms with Gasteiger partial charge in [0.2, 0.25) is 6.79 Å². The summed E-state index contributed by atoms with van der Waals surface area (Å²) in [5, 5.41) is 7.37. The van der Waals surface area contributed by atoms with Crippen LogP contribution < -0.4 is 20.1 Å². The molecule has 7 heteroatoms. The zero-order valence-corrected chi connectivity index (χ0v) is 15.6. The normalized spacial score (nSPS) is 12.1. The summed E-state index contributed by atoms with van der Waals surface area (Å²) in [6.45, 7) is 3.36. The zero-order chi connectivity index (χ0) is 18.6. The highest BCUT2D eigenvalue weighted by atomic mass is 35.5. The van der Waals surface area contributed by atoms with Gasteiger partial charge in [-0.05, 0) is 36.2 Å². The van der Waals surface area contributed by atoms with Gasteiger partial charge in [0.05, 0.1) is 0 Å². The molecule has 0 spiro atoms. The lowest BCUT2D eigenvalue weighted by Crippen LogP contribution is -2.07. The number of hydrogen-bond donors (Lipinski definition) is 2. The van der Waals surface area contributed by atoms with E-state index in [1.54, 1.807) is 0 Å². The number of ether oxygens (including phenoxy) is 2. The van der Waals surface area contributed by atoms with Crippen molar-refractivity contribution in [3.05, 3.63) is 70.5 Å². The Labute approximate surface area is 162 Å². The van der Waals surface area contributed by atoms with E-state index in [0.717, 1.165) is 39.3 Å². The molecule has 27 heavy (non-hydrogen) atoms. The molecule has 1 aliphatic heterocycles. The van der Waals surface area contributed by atoms with E-state index in [4.69, 9.17) is 21.1 Å². The molecular weight excluding hydrogens is 364 g/mol. The third-order valence-electron chi connectivity index (χ3n) is 4.17. The first-order valence-electron chi connectivity index (χ1n) is 8.63. The van der Waals surface area contributed by atoms with Crippen molar-refractivity contribution in [2.45, 2.75) is 20.0 Å². The molecule has 0 radical (unpaired) electrons. The van der Waals surface area contributed by atoms with Crippen LogP contribution in [0.5, 0.6) is 11.5 Å². The van der Waals surface area contributed by atoms with Gasteiger partial charge in [-0.1, -0.05) is 35.9 Å². The van der Waals surface area contributed by atoms with Crippen molar-refractivity contribution in [1.82, 2.24) is 9.97 Å². The minimum Gasteiger partial charge on any atom is -0.454 e. The Morgan fingerprint density at radius 2 is 1.67 bits per heavy atom. The monoisotopic (exact) mass is 382 g/mol. The van der Waals surface area contributed by atoms with Crippen LogP contribution in [0.3, 0.4) is 0 Å². The van der Waals surface area contributed by atoms with Crippen molar-refractivity contribution in [3.63, 3.8) is 0 Å². The Morgan fingerprint density at radius 3 is 2.48 bits per heavy atom. The van der Waals surface area contributed by atoms with Crippen LogP contribution in [0.15, 0.2) is 48.5 Å². The lowest BCUT2D eigenvalue weighted by Gasteiger charge is -2.11. The van der Waals surface area contributed by atoms with E-state index in [2.05, 4.69) is 20.6 Å². The summed E-state index contributed by atoms with van der Waals surface area (Å²) in [6, 6.07) is 15.5. The first-order valence-corrected chi connectivity index (χ1v) is 9.00. The number of halogens is 1. The Kier molecular flexibility index (Phi) is 4.98. The van der Waals surface area contributed by atoms with E-state index in [1.165, 1.54) is 0 Å². The van der Waals surface area contributed by atoms with Crippen molar-refractivity contribution >= 4 is 23.2 Å².